The van der Waals surface area contributed by atoms with Crippen LogP contribution in [0, 0.1) is 12.7 Å². The first-order chi connectivity index (χ1) is 8.93. The first-order valence-electron chi connectivity index (χ1n) is 5.55. The number of nitrogens with zero attached hydrogens (tertiary/aromatic N) is 2. The molecule has 2 aromatic carbocycles. The third kappa shape index (κ3) is 7.88. The van der Waals surface area contributed by atoms with E-state index in [1.807, 2.05) is 48.5 Å². The Morgan fingerprint density at radius 1 is 0.625 bits per heavy atom. The molecule has 128 valence electrons. The van der Waals surface area contributed by atoms with Crippen LogP contribution >= 0.6 is 0 Å². The third-order valence-electron chi connectivity index (χ3n) is 2.54. The number of hydrogen-bond acceptors (Lipinski definition) is 2. The van der Waals surface area contributed by atoms with E-state index in [0.717, 1.165) is 22.1 Å². The van der Waals surface area contributed by atoms with Gasteiger partial charge in [0.25, 0.3) is 0 Å². The molecule has 0 saturated carbocycles. The molecule has 0 radical (unpaired) electrons. The number of para-hydroxylation sites is 4. The maximum Gasteiger partial charge on any atom is 4.00 e. The van der Waals surface area contributed by atoms with Gasteiger partial charge in [-0.15, -0.1) is 24.3 Å². The summed E-state index contributed by atoms with van der Waals surface area (Å²) in [5.41, 5.74) is 4.02. The van der Waals surface area contributed by atoms with E-state index >= 15 is 0 Å². The summed E-state index contributed by atoms with van der Waals surface area (Å²) < 4.78 is 0. The number of aromatic nitrogens is 4. The van der Waals surface area contributed by atoms with Gasteiger partial charge >= 0.3 is 21.7 Å². The van der Waals surface area contributed by atoms with E-state index in [1.54, 1.807) is 0 Å². The van der Waals surface area contributed by atoms with Gasteiger partial charge in [0.05, 0.1) is 0 Å². The standard InChI is InChI=1S/2C7H5N2.CH4.4ClH.Ti/c2*1-2-4-7-6(3-1)8-5-9-7;;;;;;/h2*1-4H,(H,8,9);1H4;4*1H;/q2*-1;;;;;;+4/p-4. The van der Waals surface area contributed by atoms with Crippen LogP contribution in [0.15, 0.2) is 48.5 Å². The maximum atomic E-state index is 3.94. The normalized spacial score (nSPS) is 7.67. The van der Waals surface area contributed by atoms with E-state index in [-0.39, 0.29) is 78.8 Å². The van der Waals surface area contributed by atoms with Crippen molar-refractivity contribution >= 4 is 22.1 Å². The summed E-state index contributed by atoms with van der Waals surface area (Å²) in [7, 11) is 0. The third-order valence-corrected chi connectivity index (χ3v) is 2.54. The van der Waals surface area contributed by atoms with E-state index in [2.05, 4.69) is 32.6 Å². The number of aromatic amines is 2. The van der Waals surface area contributed by atoms with E-state index in [1.165, 1.54) is 0 Å². The minimum Gasteiger partial charge on any atom is -1.00 e. The van der Waals surface area contributed by atoms with Crippen LogP contribution in [-0.4, -0.2) is 19.9 Å². The molecule has 4 nitrogen and oxygen atoms in total. The first kappa shape index (κ1) is 31.1. The Hall–Kier alpha value is -0.746. The Morgan fingerprint density at radius 2 is 0.958 bits per heavy atom. The Labute approximate surface area is 181 Å². The van der Waals surface area contributed by atoms with Gasteiger partial charge in [-0.25, -0.2) is 0 Å². The molecule has 0 unspecified atom stereocenters. The minimum absolute atomic E-state index is 0. The van der Waals surface area contributed by atoms with Crippen molar-refractivity contribution in [2.45, 2.75) is 7.43 Å². The zero-order valence-electron chi connectivity index (χ0n) is 11.5. The molecule has 4 rings (SSSR count). The maximum absolute atomic E-state index is 3.94. The van der Waals surface area contributed by atoms with Gasteiger partial charge in [0.1, 0.15) is 0 Å². The molecule has 2 N–H and O–H groups in total. The molecule has 2 heterocycles. The van der Waals surface area contributed by atoms with Gasteiger partial charge in [-0.1, -0.05) is 53.8 Å². The molecule has 0 aliphatic carbocycles. The summed E-state index contributed by atoms with van der Waals surface area (Å²) in [6.45, 7) is 0. The molecule has 0 saturated heterocycles. The second kappa shape index (κ2) is 15.8. The summed E-state index contributed by atoms with van der Waals surface area (Å²) in [6, 6.07) is 15.7. The van der Waals surface area contributed by atoms with E-state index in [9.17, 15) is 0 Å². The zero-order chi connectivity index (χ0) is 12.2. The summed E-state index contributed by atoms with van der Waals surface area (Å²) in [5.74, 6) is 0. The summed E-state index contributed by atoms with van der Waals surface area (Å²) in [6.07, 6.45) is 5.33. The molecular formula is C15H14Cl4N4Ti-2. The van der Waals surface area contributed by atoms with Crippen molar-refractivity contribution in [2.24, 2.45) is 0 Å². The monoisotopic (exact) mass is 438 g/mol. The fraction of sp³-hybridized carbons (Fsp3) is 0.0667. The first-order valence-corrected chi connectivity index (χ1v) is 5.55. The second-order valence-electron chi connectivity index (χ2n) is 3.73. The second-order valence-corrected chi connectivity index (χ2v) is 3.73. The molecule has 0 fully saturated rings. The molecular weight excluding hydrogens is 426 g/mol. The number of halogens is 4. The molecule has 0 aliphatic heterocycles. The van der Waals surface area contributed by atoms with Crippen LogP contribution < -0.4 is 49.6 Å². The van der Waals surface area contributed by atoms with Crippen LogP contribution in [0.5, 0.6) is 0 Å². The van der Waals surface area contributed by atoms with Crippen molar-refractivity contribution in [3.8, 4) is 0 Å². The van der Waals surface area contributed by atoms with Gasteiger partial charge in [0.2, 0.25) is 0 Å². The van der Waals surface area contributed by atoms with Crippen LogP contribution in [0.4, 0.5) is 0 Å². The molecule has 0 amide bonds. The SMILES string of the molecule is C.[Cl-].[Cl-].[Cl-].[Cl-].[Ti+4].[c-]1nc2ccccc2[nH]1.[c-]1nc2ccccc2[nH]1. The Morgan fingerprint density at radius 3 is 1.29 bits per heavy atom. The molecule has 0 bridgehead atoms. The number of imidazole rings is 2. The number of benzene rings is 2. The van der Waals surface area contributed by atoms with Crippen molar-refractivity contribution < 1.29 is 71.3 Å². The zero-order valence-corrected chi connectivity index (χ0v) is 16.1. The van der Waals surface area contributed by atoms with Crippen molar-refractivity contribution in [2.75, 3.05) is 0 Å². The Bertz CT molecular complexity index is 649. The quantitative estimate of drug-likeness (QED) is 0.211. The number of H-pyrrole nitrogens is 2. The van der Waals surface area contributed by atoms with Crippen LogP contribution in [0.3, 0.4) is 0 Å². The molecule has 0 aliphatic rings. The Balaban J connectivity index is -0.000000133. The number of hydrogen-bond donors (Lipinski definition) is 2. The van der Waals surface area contributed by atoms with E-state index in [4.69, 9.17) is 0 Å². The molecule has 24 heavy (non-hydrogen) atoms. The molecule has 0 atom stereocenters. The smallest absolute Gasteiger partial charge is 1.00 e. The van der Waals surface area contributed by atoms with Gasteiger partial charge in [0.15, 0.2) is 0 Å². The van der Waals surface area contributed by atoms with Gasteiger partial charge in [-0.2, -0.15) is 0 Å². The molecule has 0 spiro atoms. The van der Waals surface area contributed by atoms with Crippen molar-refractivity contribution in [1.82, 2.24) is 19.9 Å². The van der Waals surface area contributed by atoms with Crippen LogP contribution in [-0.2, 0) is 21.7 Å². The average molecular weight is 440 g/mol. The topological polar surface area (TPSA) is 57.4 Å². The number of rotatable bonds is 0. The van der Waals surface area contributed by atoms with Gasteiger partial charge in [-0.3, -0.25) is 0 Å². The largest absolute Gasteiger partial charge is 4.00 e. The summed E-state index contributed by atoms with van der Waals surface area (Å²) in [5, 5.41) is 0. The minimum atomic E-state index is 0. The van der Waals surface area contributed by atoms with E-state index < -0.39 is 0 Å². The fourth-order valence-corrected chi connectivity index (χ4v) is 1.65. The fourth-order valence-electron chi connectivity index (χ4n) is 1.65. The predicted octanol–water partition coefficient (Wildman–Crippen LogP) is -8.62. The Kier molecular flexibility index (Phi) is 20.4. The number of nitrogens with one attached hydrogen (secondary N) is 2. The van der Waals surface area contributed by atoms with Crippen LogP contribution in [0.1, 0.15) is 7.43 Å². The predicted molar refractivity (Wildman–Crippen MR) is 76.6 cm³/mol. The van der Waals surface area contributed by atoms with Crippen molar-refractivity contribution in [3.63, 3.8) is 0 Å². The molecule has 9 heteroatoms. The van der Waals surface area contributed by atoms with Crippen molar-refractivity contribution in [3.05, 3.63) is 61.2 Å². The van der Waals surface area contributed by atoms with Crippen LogP contribution in [0.2, 0.25) is 0 Å². The van der Waals surface area contributed by atoms with Gasteiger partial charge in [0, 0.05) is 0 Å². The molecule has 2 aromatic heterocycles. The summed E-state index contributed by atoms with van der Waals surface area (Å²) >= 11 is 0. The summed E-state index contributed by atoms with van der Waals surface area (Å²) in [4.78, 5) is 13.6. The van der Waals surface area contributed by atoms with Crippen LogP contribution in [0.25, 0.3) is 22.1 Å². The average Bonchev–Trinajstić information content (AvgIpc) is 3.08. The molecule has 4 aromatic rings. The van der Waals surface area contributed by atoms with E-state index in [0.29, 0.717) is 0 Å². The number of fused-ring (bicyclic) bond motifs is 2. The van der Waals surface area contributed by atoms with Gasteiger partial charge in [-0.05, 0) is 12.7 Å². The van der Waals surface area contributed by atoms with Crippen molar-refractivity contribution in [1.29, 1.82) is 0 Å². The van der Waals surface area contributed by atoms with Gasteiger partial charge < -0.3 is 69.6 Å².